The summed E-state index contributed by atoms with van der Waals surface area (Å²) in [5.74, 6) is 0.591. The summed E-state index contributed by atoms with van der Waals surface area (Å²) in [6.45, 7) is 1.10. The Morgan fingerprint density at radius 2 is 2.20 bits per heavy atom. The van der Waals surface area contributed by atoms with Gasteiger partial charge in [-0.1, -0.05) is 0 Å². The number of aryl methyl sites for hydroxylation is 1. The average molecular weight is 292 g/mol. The molecule has 1 aliphatic rings. The highest BCUT2D eigenvalue weighted by Crippen LogP contribution is 2.24. The van der Waals surface area contributed by atoms with E-state index < -0.39 is 10.0 Å². The summed E-state index contributed by atoms with van der Waals surface area (Å²) in [4.78, 5) is 0.298. The van der Waals surface area contributed by atoms with Crippen LogP contribution in [0.25, 0.3) is 0 Å². The Hall–Kier alpha value is -1.79. The monoisotopic (exact) mass is 292 g/mol. The van der Waals surface area contributed by atoms with Crippen LogP contribution >= 0.6 is 0 Å². The summed E-state index contributed by atoms with van der Waals surface area (Å²) in [7, 11) is -3.51. The van der Waals surface area contributed by atoms with E-state index >= 15 is 0 Å². The zero-order valence-electron chi connectivity index (χ0n) is 10.9. The minimum atomic E-state index is -3.51. The van der Waals surface area contributed by atoms with Crippen LogP contribution in [0.1, 0.15) is 17.7 Å². The van der Waals surface area contributed by atoms with E-state index in [1.807, 2.05) is 6.07 Å². The molecule has 2 heterocycles. The van der Waals surface area contributed by atoms with E-state index in [-0.39, 0.29) is 6.54 Å². The summed E-state index contributed by atoms with van der Waals surface area (Å²) in [5, 5.41) is 3.27. The first-order valence-corrected chi connectivity index (χ1v) is 8.02. The first-order chi connectivity index (χ1) is 9.65. The van der Waals surface area contributed by atoms with E-state index in [9.17, 15) is 8.42 Å². The summed E-state index contributed by atoms with van der Waals surface area (Å²) >= 11 is 0. The molecule has 20 heavy (non-hydrogen) atoms. The number of rotatable bonds is 4. The third-order valence-corrected chi connectivity index (χ3v) is 4.74. The van der Waals surface area contributed by atoms with Gasteiger partial charge in [-0.2, -0.15) is 0 Å². The molecule has 6 heteroatoms. The fourth-order valence-electron chi connectivity index (χ4n) is 2.28. The normalized spacial score (nSPS) is 14.6. The van der Waals surface area contributed by atoms with Crippen LogP contribution in [-0.4, -0.2) is 15.0 Å². The summed E-state index contributed by atoms with van der Waals surface area (Å²) < 4.78 is 32.1. The maximum atomic E-state index is 12.2. The number of hydrogen-bond donors (Lipinski definition) is 2. The van der Waals surface area contributed by atoms with Gasteiger partial charge in [-0.15, -0.1) is 0 Å². The number of anilines is 1. The standard InChI is InChI=1S/C14H16N2O3S/c17-20(18,16-10-12-4-2-8-19-12)13-5-6-14-11(9-13)3-1-7-15-14/h2,4-6,8-9,15-16H,1,3,7,10H2. The summed E-state index contributed by atoms with van der Waals surface area (Å²) in [5.41, 5.74) is 2.08. The zero-order valence-corrected chi connectivity index (χ0v) is 11.7. The number of hydrogen-bond acceptors (Lipinski definition) is 4. The number of furan rings is 1. The van der Waals surface area contributed by atoms with Crippen LogP contribution in [-0.2, 0) is 23.0 Å². The van der Waals surface area contributed by atoms with Crippen LogP contribution in [0.15, 0.2) is 45.9 Å². The van der Waals surface area contributed by atoms with Crippen molar-refractivity contribution in [3.8, 4) is 0 Å². The second-order valence-corrected chi connectivity index (χ2v) is 6.52. The first kappa shape index (κ1) is 13.2. The van der Waals surface area contributed by atoms with E-state index in [0.717, 1.165) is 30.6 Å². The van der Waals surface area contributed by atoms with Crippen LogP contribution < -0.4 is 10.0 Å². The van der Waals surface area contributed by atoms with Crippen LogP contribution in [0.5, 0.6) is 0 Å². The lowest BCUT2D eigenvalue weighted by Gasteiger charge is -2.18. The number of fused-ring (bicyclic) bond motifs is 1. The Balaban J connectivity index is 1.80. The maximum Gasteiger partial charge on any atom is 0.240 e. The Morgan fingerprint density at radius 3 is 3.00 bits per heavy atom. The van der Waals surface area contributed by atoms with Gasteiger partial charge in [-0.3, -0.25) is 0 Å². The molecular formula is C14H16N2O3S. The minimum Gasteiger partial charge on any atom is -0.468 e. The zero-order chi connectivity index (χ0) is 14.0. The molecule has 1 aromatic carbocycles. The highest BCUT2D eigenvalue weighted by molar-refractivity contribution is 7.89. The van der Waals surface area contributed by atoms with Crippen molar-refractivity contribution >= 4 is 15.7 Å². The Bertz CT molecular complexity index is 693. The van der Waals surface area contributed by atoms with Gasteiger partial charge in [-0.25, -0.2) is 13.1 Å². The van der Waals surface area contributed by atoms with Gasteiger partial charge in [0.15, 0.2) is 0 Å². The van der Waals surface area contributed by atoms with Crippen molar-refractivity contribution in [3.63, 3.8) is 0 Å². The predicted molar refractivity (Wildman–Crippen MR) is 76.0 cm³/mol. The lowest BCUT2D eigenvalue weighted by atomic mass is 10.0. The molecule has 0 radical (unpaired) electrons. The smallest absolute Gasteiger partial charge is 0.240 e. The Morgan fingerprint density at radius 1 is 1.30 bits per heavy atom. The van der Waals surface area contributed by atoms with Gasteiger partial charge in [0.05, 0.1) is 17.7 Å². The molecule has 1 aromatic heterocycles. The van der Waals surface area contributed by atoms with Crippen LogP contribution in [0.2, 0.25) is 0 Å². The summed E-state index contributed by atoms with van der Waals surface area (Å²) in [6.07, 6.45) is 3.45. The Kier molecular flexibility index (Phi) is 3.50. The molecule has 0 bridgehead atoms. The van der Waals surface area contributed by atoms with Gasteiger partial charge >= 0.3 is 0 Å². The SMILES string of the molecule is O=S(=O)(NCc1ccco1)c1ccc2c(c1)CCCN2. The van der Waals surface area contributed by atoms with Crippen LogP contribution in [0.3, 0.4) is 0 Å². The van der Waals surface area contributed by atoms with Crippen molar-refractivity contribution in [2.24, 2.45) is 0 Å². The average Bonchev–Trinajstić information content (AvgIpc) is 2.98. The molecule has 0 saturated heterocycles. The Labute approximate surface area is 118 Å². The highest BCUT2D eigenvalue weighted by Gasteiger charge is 2.17. The lowest BCUT2D eigenvalue weighted by Crippen LogP contribution is -2.23. The molecule has 0 spiro atoms. The van der Waals surface area contributed by atoms with Crippen molar-refractivity contribution in [2.75, 3.05) is 11.9 Å². The fourth-order valence-corrected chi connectivity index (χ4v) is 3.32. The van der Waals surface area contributed by atoms with Crippen molar-refractivity contribution in [3.05, 3.63) is 47.9 Å². The molecule has 0 fully saturated rings. The van der Waals surface area contributed by atoms with E-state index in [0.29, 0.717) is 10.7 Å². The van der Waals surface area contributed by atoms with Crippen LogP contribution in [0.4, 0.5) is 5.69 Å². The number of nitrogens with one attached hydrogen (secondary N) is 2. The van der Waals surface area contributed by atoms with Gasteiger partial charge in [0, 0.05) is 12.2 Å². The molecule has 2 N–H and O–H groups in total. The third-order valence-electron chi connectivity index (χ3n) is 3.34. The molecular weight excluding hydrogens is 276 g/mol. The molecule has 0 unspecified atom stereocenters. The molecule has 3 rings (SSSR count). The van der Waals surface area contributed by atoms with Gasteiger partial charge < -0.3 is 9.73 Å². The molecule has 0 atom stereocenters. The van der Waals surface area contributed by atoms with Gasteiger partial charge in [0.25, 0.3) is 0 Å². The van der Waals surface area contributed by atoms with Gasteiger partial charge in [0.1, 0.15) is 5.76 Å². The lowest BCUT2D eigenvalue weighted by molar-refractivity contribution is 0.498. The van der Waals surface area contributed by atoms with Gasteiger partial charge in [0.2, 0.25) is 10.0 Å². The molecule has 2 aromatic rings. The van der Waals surface area contributed by atoms with Crippen molar-refractivity contribution in [1.29, 1.82) is 0 Å². The highest BCUT2D eigenvalue weighted by atomic mass is 32.2. The topological polar surface area (TPSA) is 71.3 Å². The first-order valence-electron chi connectivity index (χ1n) is 6.54. The van der Waals surface area contributed by atoms with E-state index in [4.69, 9.17) is 4.42 Å². The van der Waals surface area contributed by atoms with Crippen LogP contribution in [0, 0.1) is 0 Å². The molecule has 106 valence electrons. The molecule has 0 amide bonds. The molecule has 0 aliphatic carbocycles. The molecule has 0 saturated carbocycles. The van der Waals surface area contributed by atoms with E-state index in [2.05, 4.69) is 10.0 Å². The van der Waals surface area contributed by atoms with Crippen molar-refractivity contribution in [1.82, 2.24) is 4.72 Å². The minimum absolute atomic E-state index is 0.157. The quantitative estimate of drug-likeness (QED) is 0.905. The van der Waals surface area contributed by atoms with E-state index in [1.165, 1.54) is 6.26 Å². The number of benzene rings is 1. The van der Waals surface area contributed by atoms with Crippen molar-refractivity contribution in [2.45, 2.75) is 24.3 Å². The van der Waals surface area contributed by atoms with Crippen molar-refractivity contribution < 1.29 is 12.8 Å². The number of sulfonamides is 1. The second kappa shape index (κ2) is 5.30. The van der Waals surface area contributed by atoms with Gasteiger partial charge in [-0.05, 0) is 48.7 Å². The maximum absolute atomic E-state index is 12.2. The third kappa shape index (κ3) is 2.71. The second-order valence-electron chi connectivity index (χ2n) is 4.75. The summed E-state index contributed by atoms with van der Waals surface area (Å²) in [6, 6.07) is 8.66. The van der Waals surface area contributed by atoms with E-state index in [1.54, 1.807) is 24.3 Å². The molecule has 1 aliphatic heterocycles. The largest absolute Gasteiger partial charge is 0.468 e. The fraction of sp³-hybridized carbons (Fsp3) is 0.286. The molecule has 5 nitrogen and oxygen atoms in total. The predicted octanol–water partition coefficient (Wildman–Crippen LogP) is 2.12.